The Kier molecular flexibility index (Phi) is 5.93. The van der Waals surface area contributed by atoms with Crippen LogP contribution >= 0.6 is 11.3 Å². The maximum absolute atomic E-state index is 12.6. The second kappa shape index (κ2) is 8.36. The van der Waals surface area contributed by atoms with Crippen LogP contribution in [-0.2, 0) is 11.2 Å². The van der Waals surface area contributed by atoms with Gasteiger partial charge in [-0.05, 0) is 49.3 Å². The summed E-state index contributed by atoms with van der Waals surface area (Å²) in [4.78, 5) is 27.6. The van der Waals surface area contributed by atoms with Crippen LogP contribution in [0.2, 0.25) is 0 Å². The predicted octanol–water partition coefficient (Wildman–Crippen LogP) is 3.03. The van der Waals surface area contributed by atoms with Crippen molar-refractivity contribution < 1.29 is 14.3 Å². The topological polar surface area (TPSA) is 58.6 Å². The van der Waals surface area contributed by atoms with Crippen molar-refractivity contribution in [3.8, 4) is 5.75 Å². The summed E-state index contributed by atoms with van der Waals surface area (Å²) in [6.07, 6.45) is 2.28. The third-order valence-electron chi connectivity index (χ3n) is 4.68. The first kappa shape index (κ1) is 18.5. The van der Waals surface area contributed by atoms with E-state index in [1.54, 1.807) is 12.0 Å². The van der Waals surface area contributed by atoms with Gasteiger partial charge in [-0.15, -0.1) is 11.3 Å². The maximum Gasteiger partial charge on any atom is 0.264 e. The highest BCUT2D eigenvalue weighted by Gasteiger charge is 2.34. The van der Waals surface area contributed by atoms with E-state index >= 15 is 0 Å². The van der Waals surface area contributed by atoms with Crippen LogP contribution < -0.4 is 10.1 Å². The molecule has 1 atom stereocenters. The average molecular weight is 372 g/mol. The molecule has 1 aliphatic heterocycles. The van der Waals surface area contributed by atoms with Crippen LogP contribution in [0.1, 0.15) is 33.6 Å². The van der Waals surface area contributed by atoms with Crippen LogP contribution in [-0.4, -0.2) is 43.0 Å². The Balaban J connectivity index is 1.58. The Labute approximate surface area is 158 Å². The van der Waals surface area contributed by atoms with Crippen LogP contribution in [0.25, 0.3) is 0 Å². The van der Waals surface area contributed by atoms with Crippen LogP contribution in [0, 0.1) is 6.92 Å². The van der Waals surface area contributed by atoms with Crippen LogP contribution in [0.4, 0.5) is 0 Å². The summed E-state index contributed by atoms with van der Waals surface area (Å²) in [6, 6.07) is 9.33. The van der Waals surface area contributed by atoms with Crippen molar-refractivity contribution in [2.45, 2.75) is 32.2 Å². The SMILES string of the molecule is COc1ccc(C)cc1CCNC(=O)C1CCCN1C(=O)c1cccs1. The van der Waals surface area contributed by atoms with Gasteiger partial charge in [-0.25, -0.2) is 0 Å². The molecule has 1 saturated heterocycles. The first-order valence-corrected chi connectivity index (χ1v) is 9.74. The number of ether oxygens (including phenoxy) is 1. The number of rotatable bonds is 6. The van der Waals surface area contributed by atoms with E-state index < -0.39 is 0 Å². The number of methoxy groups -OCH3 is 1. The van der Waals surface area contributed by atoms with Crippen LogP contribution in [0.5, 0.6) is 5.75 Å². The molecule has 26 heavy (non-hydrogen) atoms. The van der Waals surface area contributed by atoms with Crippen LogP contribution in [0.3, 0.4) is 0 Å². The first-order chi connectivity index (χ1) is 12.6. The number of amides is 2. The molecule has 2 amide bonds. The highest BCUT2D eigenvalue weighted by atomic mass is 32.1. The largest absolute Gasteiger partial charge is 0.496 e. The van der Waals surface area contributed by atoms with Gasteiger partial charge < -0.3 is 15.0 Å². The van der Waals surface area contributed by atoms with Gasteiger partial charge in [0.1, 0.15) is 11.8 Å². The standard InChI is InChI=1S/C20H24N2O3S/c1-14-7-8-17(25-2)15(13-14)9-10-21-19(23)16-5-3-11-22(16)20(24)18-6-4-12-26-18/h4,6-8,12-13,16H,3,5,9-11H2,1-2H3,(H,21,23). The zero-order valence-corrected chi connectivity index (χ0v) is 16.0. The quantitative estimate of drug-likeness (QED) is 0.848. The lowest BCUT2D eigenvalue weighted by Crippen LogP contribution is -2.46. The molecule has 0 saturated carbocycles. The van der Waals surface area contributed by atoms with Gasteiger partial charge in [-0.2, -0.15) is 0 Å². The number of thiophene rings is 1. The molecule has 0 bridgehead atoms. The van der Waals surface area contributed by atoms with E-state index in [0.29, 0.717) is 24.4 Å². The van der Waals surface area contributed by atoms with E-state index in [9.17, 15) is 9.59 Å². The predicted molar refractivity (Wildman–Crippen MR) is 103 cm³/mol. The third kappa shape index (κ3) is 4.07. The zero-order valence-electron chi connectivity index (χ0n) is 15.2. The number of benzene rings is 1. The molecule has 0 aliphatic carbocycles. The van der Waals surface area contributed by atoms with E-state index in [0.717, 1.165) is 29.7 Å². The monoisotopic (exact) mass is 372 g/mol. The number of hydrogen-bond donors (Lipinski definition) is 1. The molecule has 0 spiro atoms. The van der Waals surface area contributed by atoms with Gasteiger partial charge in [0.05, 0.1) is 12.0 Å². The summed E-state index contributed by atoms with van der Waals surface area (Å²) in [5.74, 6) is 0.720. The summed E-state index contributed by atoms with van der Waals surface area (Å²) >= 11 is 1.42. The Morgan fingerprint density at radius 3 is 2.92 bits per heavy atom. The van der Waals surface area contributed by atoms with Crippen molar-refractivity contribution in [1.82, 2.24) is 10.2 Å². The molecule has 3 rings (SSSR count). The fraction of sp³-hybridized carbons (Fsp3) is 0.400. The van der Waals surface area contributed by atoms with Crippen molar-refractivity contribution in [2.75, 3.05) is 20.2 Å². The van der Waals surface area contributed by atoms with Crippen molar-refractivity contribution >= 4 is 23.2 Å². The molecule has 1 fully saturated rings. The van der Waals surface area contributed by atoms with Crippen molar-refractivity contribution in [3.63, 3.8) is 0 Å². The first-order valence-electron chi connectivity index (χ1n) is 8.86. The molecular formula is C20H24N2O3S. The van der Waals surface area contributed by atoms with E-state index in [4.69, 9.17) is 4.74 Å². The van der Waals surface area contributed by atoms with Gasteiger partial charge in [0.2, 0.25) is 5.91 Å². The molecule has 5 nitrogen and oxygen atoms in total. The van der Waals surface area contributed by atoms with E-state index in [1.807, 2.05) is 36.6 Å². The van der Waals surface area contributed by atoms with Crippen molar-refractivity contribution in [2.24, 2.45) is 0 Å². The molecule has 2 heterocycles. The zero-order chi connectivity index (χ0) is 18.5. The summed E-state index contributed by atoms with van der Waals surface area (Å²) in [5.41, 5.74) is 2.24. The van der Waals surface area contributed by atoms with Gasteiger partial charge in [0.15, 0.2) is 0 Å². The molecule has 6 heteroatoms. The van der Waals surface area contributed by atoms with Gasteiger partial charge in [0.25, 0.3) is 5.91 Å². The molecule has 1 aliphatic rings. The minimum absolute atomic E-state index is 0.0435. The third-order valence-corrected chi connectivity index (χ3v) is 5.54. The Hall–Kier alpha value is -2.34. The number of carbonyl (C=O) groups excluding carboxylic acids is 2. The van der Waals surface area contributed by atoms with Crippen LogP contribution in [0.15, 0.2) is 35.7 Å². The fourth-order valence-electron chi connectivity index (χ4n) is 3.37. The molecule has 1 aromatic carbocycles. The smallest absolute Gasteiger partial charge is 0.264 e. The van der Waals surface area contributed by atoms with Crippen molar-refractivity contribution in [1.29, 1.82) is 0 Å². The number of nitrogens with one attached hydrogen (secondary N) is 1. The van der Waals surface area contributed by atoms with Crippen molar-refractivity contribution in [3.05, 3.63) is 51.7 Å². The molecule has 2 aromatic rings. The van der Waals surface area contributed by atoms with E-state index in [1.165, 1.54) is 11.3 Å². The fourth-order valence-corrected chi connectivity index (χ4v) is 4.04. The van der Waals surface area contributed by atoms with Gasteiger partial charge in [-0.1, -0.05) is 23.8 Å². The maximum atomic E-state index is 12.6. The minimum atomic E-state index is -0.371. The van der Waals surface area contributed by atoms with Gasteiger partial charge in [-0.3, -0.25) is 9.59 Å². The average Bonchev–Trinajstić information content (AvgIpc) is 3.33. The number of aryl methyl sites for hydroxylation is 1. The van der Waals surface area contributed by atoms with E-state index in [2.05, 4.69) is 11.4 Å². The lowest BCUT2D eigenvalue weighted by molar-refractivity contribution is -0.124. The Bertz CT molecular complexity index is 773. The summed E-state index contributed by atoms with van der Waals surface area (Å²) in [6.45, 7) is 3.20. The lowest BCUT2D eigenvalue weighted by Gasteiger charge is -2.23. The molecular weight excluding hydrogens is 348 g/mol. The van der Waals surface area contributed by atoms with Gasteiger partial charge in [0, 0.05) is 13.1 Å². The molecule has 0 radical (unpaired) electrons. The highest BCUT2D eigenvalue weighted by molar-refractivity contribution is 7.12. The number of likely N-dealkylation sites (tertiary alicyclic amines) is 1. The summed E-state index contributed by atoms with van der Waals surface area (Å²) in [7, 11) is 1.65. The summed E-state index contributed by atoms with van der Waals surface area (Å²) < 4.78 is 5.38. The lowest BCUT2D eigenvalue weighted by atomic mass is 10.1. The normalized spacial score (nSPS) is 16.5. The van der Waals surface area contributed by atoms with E-state index in [-0.39, 0.29) is 17.9 Å². The Morgan fingerprint density at radius 2 is 2.19 bits per heavy atom. The molecule has 1 N–H and O–H groups in total. The second-order valence-corrected chi connectivity index (χ2v) is 7.44. The number of nitrogens with zero attached hydrogens (tertiary/aromatic N) is 1. The number of carbonyl (C=O) groups is 2. The Morgan fingerprint density at radius 1 is 1.35 bits per heavy atom. The van der Waals surface area contributed by atoms with Gasteiger partial charge >= 0.3 is 0 Å². The highest BCUT2D eigenvalue weighted by Crippen LogP contribution is 2.23. The molecule has 1 aromatic heterocycles. The molecule has 138 valence electrons. The number of hydrogen-bond acceptors (Lipinski definition) is 4. The second-order valence-electron chi connectivity index (χ2n) is 6.49. The molecule has 1 unspecified atom stereocenters. The summed E-state index contributed by atoms with van der Waals surface area (Å²) in [5, 5.41) is 4.87. The minimum Gasteiger partial charge on any atom is -0.496 e.